The van der Waals surface area contributed by atoms with E-state index in [1.165, 1.54) is 12.8 Å². The van der Waals surface area contributed by atoms with Crippen molar-refractivity contribution in [1.82, 2.24) is 15.1 Å². The zero-order valence-electron chi connectivity index (χ0n) is 10.3. The van der Waals surface area contributed by atoms with Gasteiger partial charge in [-0.3, -0.25) is 9.48 Å². The largest absolute Gasteiger partial charge is 0.480 e. The summed E-state index contributed by atoms with van der Waals surface area (Å²) in [6.45, 7) is 4.82. The molecular weight excluding hydrogens is 218 g/mol. The second-order valence-electron chi connectivity index (χ2n) is 4.97. The fourth-order valence-electron chi connectivity index (χ4n) is 1.74. The van der Waals surface area contributed by atoms with Crippen molar-refractivity contribution in [2.45, 2.75) is 38.8 Å². The van der Waals surface area contributed by atoms with Crippen LogP contribution in [0.15, 0.2) is 12.4 Å². The van der Waals surface area contributed by atoms with Crippen LogP contribution in [0.4, 0.5) is 0 Å². The van der Waals surface area contributed by atoms with Crippen LogP contribution in [0, 0.1) is 5.92 Å². The molecule has 94 valence electrons. The van der Waals surface area contributed by atoms with Crippen LogP contribution in [-0.4, -0.2) is 27.4 Å². The number of aromatic nitrogens is 2. The quantitative estimate of drug-likeness (QED) is 0.788. The van der Waals surface area contributed by atoms with Crippen LogP contribution >= 0.6 is 0 Å². The Bertz CT molecular complexity index is 396. The van der Waals surface area contributed by atoms with Crippen molar-refractivity contribution in [3.05, 3.63) is 18.0 Å². The summed E-state index contributed by atoms with van der Waals surface area (Å²) in [5.41, 5.74) is 0.729. The molecule has 1 aliphatic rings. The normalized spacial score (nSPS) is 17.4. The topological polar surface area (TPSA) is 67.2 Å². The maximum Gasteiger partial charge on any atom is 0.325 e. The van der Waals surface area contributed by atoms with E-state index < -0.39 is 12.0 Å². The second-order valence-corrected chi connectivity index (χ2v) is 4.97. The average Bonchev–Trinajstić information content (AvgIpc) is 2.94. The van der Waals surface area contributed by atoms with Gasteiger partial charge in [0.15, 0.2) is 0 Å². The fraction of sp³-hybridized carbons (Fsp3) is 0.667. The lowest BCUT2D eigenvalue weighted by atomic mass is 10.1. The molecule has 1 heterocycles. The standard InChI is InChI=1S/C12H19N3O2/c1-8(2)15-7-10(6-14-15)11(12(16)17)13-5-9-3-4-9/h6-9,11,13H,3-5H2,1-2H3,(H,16,17). The van der Waals surface area contributed by atoms with Crippen LogP contribution < -0.4 is 5.32 Å². The van der Waals surface area contributed by atoms with Crippen molar-refractivity contribution in [3.8, 4) is 0 Å². The van der Waals surface area contributed by atoms with Gasteiger partial charge in [-0.05, 0) is 39.2 Å². The Balaban J connectivity index is 2.04. The number of hydrogen-bond donors (Lipinski definition) is 2. The second kappa shape index (κ2) is 4.87. The summed E-state index contributed by atoms with van der Waals surface area (Å²) in [7, 11) is 0. The number of nitrogens with one attached hydrogen (secondary N) is 1. The molecule has 0 spiro atoms. The summed E-state index contributed by atoms with van der Waals surface area (Å²) in [5, 5.41) is 16.5. The van der Waals surface area contributed by atoms with E-state index in [9.17, 15) is 9.90 Å². The molecule has 5 nitrogen and oxygen atoms in total. The van der Waals surface area contributed by atoms with Crippen molar-refractivity contribution < 1.29 is 9.90 Å². The van der Waals surface area contributed by atoms with Crippen LogP contribution in [0.1, 0.15) is 44.3 Å². The number of aliphatic carboxylic acids is 1. The minimum atomic E-state index is -0.839. The highest BCUT2D eigenvalue weighted by Gasteiger charge is 2.26. The number of carbonyl (C=O) groups is 1. The van der Waals surface area contributed by atoms with Crippen LogP contribution in [0.25, 0.3) is 0 Å². The predicted molar refractivity (Wildman–Crippen MR) is 63.7 cm³/mol. The molecule has 0 bridgehead atoms. The van der Waals surface area contributed by atoms with Gasteiger partial charge in [0.05, 0.1) is 6.20 Å². The van der Waals surface area contributed by atoms with E-state index in [0.717, 1.165) is 12.1 Å². The molecule has 1 unspecified atom stereocenters. The smallest absolute Gasteiger partial charge is 0.325 e. The molecular formula is C12H19N3O2. The molecule has 1 aromatic heterocycles. The van der Waals surface area contributed by atoms with Gasteiger partial charge in [-0.25, -0.2) is 0 Å². The summed E-state index contributed by atoms with van der Waals surface area (Å²) < 4.78 is 1.78. The van der Waals surface area contributed by atoms with Gasteiger partial charge in [0, 0.05) is 17.8 Å². The Labute approximate surface area is 101 Å². The fourth-order valence-corrected chi connectivity index (χ4v) is 1.74. The Morgan fingerprint density at radius 2 is 2.35 bits per heavy atom. The molecule has 0 aromatic carbocycles. The highest BCUT2D eigenvalue weighted by atomic mass is 16.4. The van der Waals surface area contributed by atoms with Crippen molar-refractivity contribution in [3.63, 3.8) is 0 Å². The van der Waals surface area contributed by atoms with Gasteiger partial charge in [0.2, 0.25) is 0 Å². The Morgan fingerprint density at radius 1 is 1.65 bits per heavy atom. The molecule has 0 aliphatic heterocycles. The van der Waals surface area contributed by atoms with Gasteiger partial charge in [-0.2, -0.15) is 5.10 Å². The number of carboxylic acids is 1. The lowest BCUT2D eigenvalue weighted by Crippen LogP contribution is -2.29. The van der Waals surface area contributed by atoms with Crippen LogP contribution in [0.2, 0.25) is 0 Å². The van der Waals surface area contributed by atoms with Gasteiger partial charge < -0.3 is 10.4 Å². The van der Waals surface area contributed by atoms with Crippen molar-refractivity contribution in [2.24, 2.45) is 5.92 Å². The molecule has 2 N–H and O–H groups in total. The predicted octanol–water partition coefficient (Wildman–Crippen LogP) is 1.59. The summed E-state index contributed by atoms with van der Waals surface area (Å²) >= 11 is 0. The van der Waals surface area contributed by atoms with E-state index in [1.807, 2.05) is 20.0 Å². The van der Waals surface area contributed by atoms with Gasteiger partial charge >= 0.3 is 5.97 Å². The first kappa shape index (κ1) is 12.1. The number of rotatable bonds is 6. The molecule has 1 aromatic rings. The summed E-state index contributed by atoms with van der Waals surface area (Å²) in [6, 6.07) is -0.385. The molecule has 1 aliphatic carbocycles. The summed E-state index contributed by atoms with van der Waals surface area (Å²) in [4.78, 5) is 11.2. The Kier molecular flexibility index (Phi) is 3.47. The van der Waals surface area contributed by atoms with Gasteiger partial charge in [0.25, 0.3) is 0 Å². The zero-order valence-corrected chi connectivity index (χ0v) is 10.3. The van der Waals surface area contributed by atoms with E-state index in [0.29, 0.717) is 5.92 Å². The van der Waals surface area contributed by atoms with E-state index in [2.05, 4.69) is 10.4 Å². The van der Waals surface area contributed by atoms with Crippen LogP contribution in [-0.2, 0) is 4.79 Å². The van der Waals surface area contributed by atoms with E-state index in [1.54, 1.807) is 10.9 Å². The minimum Gasteiger partial charge on any atom is -0.480 e. The summed E-state index contributed by atoms with van der Waals surface area (Å²) in [5.74, 6) is -0.175. The van der Waals surface area contributed by atoms with Crippen molar-refractivity contribution >= 4 is 5.97 Å². The highest BCUT2D eigenvalue weighted by Crippen LogP contribution is 2.28. The minimum absolute atomic E-state index is 0.252. The summed E-state index contributed by atoms with van der Waals surface area (Å²) in [6.07, 6.45) is 5.87. The molecule has 1 atom stereocenters. The first-order chi connectivity index (χ1) is 8.08. The monoisotopic (exact) mass is 237 g/mol. The molecule has 17 heavy (non-hydrogen) atoms. The molecule has 5 heteroatoms. The first-order valence-corrected chi connectivity index (χ1v) is 6.08. The molecule has 0 radical (unpaired) electrons. The Hall–Kier alpha value is -1.36. The number of nitrogens with zero attached hydrogens (tertiary/aromatic N) is 2. The van der Waals surface area contributed by atoms with Gasteiger partial charge in [-0.1, -0.05) is 0 Å². The first-order valence-electron chi connectivity index (χ1n) is 6.08. The lowest BCUT2D eigenvalue weighted by Gasteiger charge is -2.12. The third kappa shape index (κ3) is 3.06. The lowest BCUT2D eigenvalue weighted by molar-refractivity contribution is -0.139. The highest BCUT2D eigenvalue weighted by molar-refractivity contribution is 5.75. The molecule has 0 saturated heterocycles. The van der Waals surface area contributed by atoms with E-state index in [-0.39, 0.29) is 6.04 Å². The molecule has 2 rings (SSSR count). The van der Waals surface area contributed by atoms with Crippen molar-refractivity contribution in [2.75, 3.05) is 6.54 Å². The third-order valence-electron chi connectivity index (χ3n) is 3.04. The third-order valence-corrected chi connectivity index (χ3v) is 3.04. The van der Waals surface area contributed by atoms with E-state index >= 15 is 0 Å². The molecule has 0 amide bonds. The number of carboxylic acid groups (broad SMARTS) is 1. The maximum absolute atomic E-state index is 11.2. The van der Waals surface area contributed by atoms with Crippen LogP contribution in [0.3, 0.4) is 0 Å². The maximum atomic E-state index is 11.2. The van der Waals surface area contributed by atoms with E-state index in [4.69, 9.17) is 0 Å². The van der Waals surface area contributed by atoms with Crippen LogP contribution in [0.5, 0.6) is 0 Å². The van der Waals surface area contributed by atoms with Crippen molar-refractivity contribution in [1.29, 1.82) is 0 Å². The van der Waals surface area contributed by atoms with Gasteiger partial charge in [-0.15, -0.1) is 0 Å². The number of hydrogen-bond acceptors (Lipinski definition) is 3. The Morgan fingerprint density at radius 3 is 2.82 bits per heavy atom. The SMILES string of the molecule is CC(C)n1cc(C(NCC2CC2)C(=O)O)cn1. The molecule has 1 saturated carbocycles. The zero-order chi connectivity index (χ0) is 12.4. The van der Waals surface area contributed by atoms with Gasteiger partial charge in [0.1, 0.15) is 6.04 Å². The average molecular weight is 237 g/mol. The molecule has 1 fully saturated rings.